The van der Waals surface area contributed by atoms with Gasteiger partial charge in [-0.2, -0.15) is 13.2 Å². The van der Waals surface area contributed by atoms with Crippen LogP contribution in [0.4, 0.5) is 13.2 Å². The number of nitrogens with one attached hydrogen (secondary N) is 1. The van der Waals surface area contributed by atoms with Gasteiger partial charge in [-0.25, -0.2) is 4.79 Å². The average molecular weight is 433 g/mol. The maximum Gasteiger partial charge on any atom is 0.416 e. The zero-order valence-electron chi connectivity index (χ0n) is 17.5. The number of esters is 1. The summed E-state index contributed by atoms with van der Waals surface area (Å²) in [5, 5.41) is 3.00. The van der Waals surface area contributed by atoms with Crippen molar-refractivity contribution < 1.29 is 27.5 Å². The zero-order valence-corrected chi connectivity index (χ0v) is 17.5. The van der Waals surface area contributed by atoms with Crippen LogP contribution in [0.2, 0.25) is 0 Å². The maximum atomic E-state index is 12.8. The predicted octanol–water partition coefficient (Wildman–Crippen LogP) is 5.79. The third-order valence-corrected chi connectivity index (χ3v) is 5.79. The van der Waals surface area contributed by atoms with E-state index in [1.54, 1.807) is 24.3 Å². The minimum Gasteiger partial charge on any atom is -0.465 e. The fourth-order valence-corrected chi connectivity index (χ4v) is 3.89. The first-order chi connectivity index (χ1) is 14.7. The molecule has 0 saturated heterocycles. The van der Waals surface area contributed by atoms with E-state index in [2.05, 4.69) is 12.2 Å². The quantitative estimate of drug-likeness (QED) is 0.536. The molecule has 0 bridgehead atoms. The molecule has 166 valence electrons. The highest BCUT2D eigenvalue weighted by Crippen LogP contribution is 2.50. The predicted molar refractivity (Wildman–Crippen MR) is 111 cm³/mol. The number of rotatable bonds is 8. The zero-order chi connectivity index (χ0) is 22.6. The van der Waals surface area contributed by atoms with Gasteiger partial charge in [0.25, 0.3) is 5.91 Å². The van der Waals surface area contributed by atoms with Gasteiger partial charge in [-0.05, 0) is 60.2 Å². The Hall–Kier alpha value is -2.83. The average Bonchev–Trinajstić information content (AvgIpc) is 3.54. The molecule has 3 rings (SSSR count). The molecule has 0 aromatic heterocycles. The van der Waals surface area contributed by atoms with E-state index < -0.39 is 23.6 Å². The van der Waals surface area contributed by atoms with Crippen molar-refractivity contribution in [1.82, 2.24) is 5.32 Å². The molecular formula is C24H26F3NO3. The fraction of sp³-hybridized carbons (Fsp3) is 0.417. The Balaban J connectivity index is 1.78. The van der Waals surface area contributed by atoms with Gasteiger partial charge in [0, 0.05) is 5.56 Å². The molecule has 31 heavy (non-hydrogen) atoms. The van der Waals surface area contributed by atoms with Crippen molar-refractivity contribution >= 4 is 11.9 Å². The Kier molecular flexibility index (Phi) is 7.03. The molecule has 0 unspecified atom stereocenters. The molecule has 0 radical (unpaired) electrons. The van der Waals surface area contributed by atoms with Crippen LogP contribution >= 0.6 is 0 Å². The van der Waals surface area contributed by atoms with Crippen molar-refractivity contribution in [3.63, 3.8) is 0 Å². The van der Waals surface area contributed by atoms with Crippen LogP contribution in [0.15, 0.2) is 48.5 Å². The van der Waals surface area contributed by atoms with E-state index in [1.165, 1.54) is 19.2 Å². The van der Waals surface area contributed by atoms with Gasteiger partial charge in [0.2, 0.25) is 0 Å². The lowest BCUT2D eigenvalue weighted by Crippen LogP contribution is -2.30. The largest absolute Gasteiger partial charge is 0.465 e. The van der Waals surface area contributed by atoms with Crippen molar-refractivity contribution in [2.45, 2.75) is 44.8 Å². The molecule has 1 saturated carbocycles. The first-order valence-electron chi connectivity index (χ1n) is 10.4. The number of carbonyl (C=O) groups is 2. The molecule has 2 aromatic rings. The topological polar surface area (TPSA) is 55.4 Å². The summed E-state index contributed by atoms with van der Waals surface area (Å²) in [6.45, 7) is 2.13. The molecular weight excluding hydrogens is 407 g/mol. The molecule has 2 aromatic carbocycles. The van der Waals surface area contributed by atoms with Gasteiger partial charge in [0.1, 0.15) is 0 Å². The van der Waals surface area contributed by atoms with Gasteiger partial charge in [-0.1, -0.05) is 38.3 Å². The van der Waals surface area contributed by atoms with E-state index in [1.807, 2.05) is 0 Å². The van der Waals surface area contributed by atoms with E-state index >= 15 is 0 Å². The molecule has 1 amide bonds. The summed E-state index contributed by atoms with van der Waals surface area (Å²) in [6, 6.07) is 10.8. The van der Waals surface area contributed by atoms with E-state index in [-0.39, 0.29) is 17.5 Å². The normalized spacial score (nSPS) is 18.9. The molecule has 0 heterocycles. The third-order valence-electron chi connectivity index (χ3n) is 5.79. The van der Waals surface area contributed by atoms with Gasteiger partial charge < -0.3 is 10.1 Å². The Morgan fingerprint density at radius 2 is 1.68 bits per heavy atom. The lowest BCUT2D eigenvalue weighted by Gasteiger charge is -2.20. The summed E-state index contributed by atoms with van der Waals surface area (Å²) >= 11 is 0. The molecule has 1 fully saturated rings. The van der Waals surface area contributed by atoms with Gasteiger partial charge >= 0.3 is 12.1 Å². The summed E-state index contributed by atoms with van der Waals surface area (Å²) in [6.07, 6.45) is -0.175. The molecule has 7 heteroatoms. The lowest BCUT2D eigenvalue weighted by atomic mass is 9.97. The van der Waals surface area contributed by atoms with Crippen LogP contribution in [0.1, 0.15) is 70.5 Å². The Morgan fingerprint density at radius 3 is 2.23 bits per heavy atom. The standard InChI is InChI=1S/C24H26F3NO3/c1-3-4-5-18-14-20(18)21(15-6-8-17(9-7-15)23(30)31-2)28-22(29)16-10-12-19(13-11-16)24(25,26)27/h6-13,18,20-21H,3-5,14H2,1-2H3,(H,28,29)/t18-,20-,21+/m1/s1. The summed E-state index contributed by atoms with van der Waals surface area (Å²) in [5.41, 5.74) is 0.657. The molecule has 0 aliphatic heterocycles. The van der Waals surface area contributed by atoms with Gasteiger partial charge in [-0.15, -0.1) is 0 Å². The second-order valence-corrected chi connectivity index (χ2v) is 7.94. The number of alkyl halides is 3. The number of carbonyl (C=O) groups excluding carboxylic acids is 2. The molecule has 1 N–H and O–H groups in total. The molecule has 4 nitrogen and oxygen atoms in total. The van der Waals surface area contributed by atoms with Gasteiger partial charge in [0.05, 0.1) is 24.3 Å². The fourth-order valence-electron chi connectivity index (χ4n) is 3.89. The van der Waals surface area contributed by atoms with E-state index in [0.29, 0.717) is 11.5 Å². The number of methoxy groups -OCH3 is 1. The monoisotopic (exact) mass is 433 g/mol. The smallest absolute Gasteiger partial charge is 0.416 e. The van der Waals surface area contributed by atoms with Gasteiger partial charge in [-0.3, -0.25) is 4.79 Å². The first kappa shape index (κ1) is 22.8. The van der Waals surface area contributed by atoms with E-state index in [0.717, 1.165) is 43.4 Å². The number of hydrogen-bond donors (Lipinski definition) is 1. The maximum absolute atomic E-state index is 12.8. The van der Waals surface area contributed by atoms with Crippen LogP contribution in [-0.4, -0.2) is 19.0 Å². The first-order valence-corrected chi connectivity index (χ1v) is 10.4. The summed E-state index contributed by atoms with van der Waals surface area (Å²) < 4.78 is 43.1. The summed E-state index contributed by atoms with van der Waals surface area (Å²) in [4.78, 5) is 24.5. The van der Waals surface area contributed by atoms with Crippen molar-refractivity contribution in [3.8, 4) is 0 Å². The Labute approximate surface area is 179 Å². The minimum absolute atomic E-state index is 0.176. The number of ether oxygens (including phenoxy) is 1. The second-order valence-electron chi connectivity index (χ2n) is 7.94. The van der Waals surface area contributed by atoms with Crippen LogP contribution in [-0.2, 0) is 10.9 Å². The molecule has 0 spiro atoms. The van der Waals surface area contributed by atoms with Crippen LogP contribution in [0.3, 0.4) is 0 Å². The van der Waals surface area contributed by atoms with Crippen molar-refractivity contribution in [2.75, 3.05) is 7.11 Å². The SMILES string of the molecule is CCCC[C@@H]1C[C@H]1[C@@H](NC(=O)c1ccc(C(F)(F)F)cc1)c1ccc(C(=O)OC)cc1. The highest BCUT2D eigenvalue weighted by molar-refractivity contribution is 5.94. The number of unbranched alkanes of at least 4 members (excludes halogenated alkanes) is 1. The van der Waals surface area contributed by atoms with Crippen LogP contribution < -0.4 is 5.32 Å². The van der Waals surface area contributed by atoms with Crippen LogP contribution in [0, 0.1) is 11.8 Å². The highest BCUT2D eigenvalue weighted by Gasteiger charge is 2.43. The molecule has 3 atom stereocenters. The second kappa shape index (κ2) is 9.54. The van der Waals surface area contributed by atoms with Crippen LogP contribution in [0.25, 0.3) is 0 Å². The Bertz CT molecular complexity index is 907. The lowest BCUT2D eigenvalue weighted by molar-refractivity contribution is -0.137. The number of halogens is 3. The summed E-state index contributed by atoms with van der Waals surface area (Å²) in [5.74, 6) is -0.104. The van der Waals surface area contributed by atoms with Crippen molar-refractivity contribution in [3.05, 3.63) is 70.8 Å². The molecule has 1 aliphatic rings. The highest BCUT2D eigenvalue weighted by atomic mass is 19.4. The van der Waals surface area contributed by atoms with Gasteiger partial charge in [0.15, 0.2) is 0 Å². The molecule has 1 aliphatic carbocycles. The van der Waals surface area contributed by atoms with Crippen molar-refractivity contribution in [2.24, 2.45) is 11.8 Å². The van der Waals surface area contributed by atoms with Crippen molar-refractivity contribution in [1.29, 1.82) is 0 Å². The summed E-state index contributed by atoms with van der Waals surface area (Å²) in [7, 11) is 1.31. The number of amides is 1. The van der Waals surface area contributed by atoms with Crippen LogP contribution in [0.5, 0.6) is 0 Å². The van der Waals surface area contributed by atoms with E-state index in [4.69, 9.17) is 4.74 Å². The Morgan fingerprint density at radius 1 is 1.06 bits per heavy atom. The minimum atomic E-state index is -4.45. The van der Waals surface area contributed by atoms with E-state index in [9.17, 15) is 22.8 Å². The number of benzene rings is 2. The number of hydrogen-bond acceptors (Lipinski definition) is 3. The third kappa shape index (κ3) is 5.66.